The minimum absolute atomic E-state index is 0.534. The Kier molecular flexibility index (Phi) is 4.26. The molecule has 1 aliphatic heterocycles. The fourth-order valence-electron chi connectivity index (χ4n) is 2.55. The number of alkyl halides is 1. The largest absolute Gasteiger partial charge is 0.379 e. The van der Waals surface area contributed by atoms with Gasteiger partial charge in [0.25, 0.3) is 0 Å². The first kappa shape index (κ1) is 10.9. The summed E-state index contributed by atoms with van der Waals surface area (Å²) in [5.41, 5.74) is 0. The topological polar surface area (TPSA) is 12.5 Å². The van der Waals surface area contributed by atoms with Gasteiger partial charge < -0.3 is 4.74 Å². The Morgan fingerprint density at radius 2 is 2.07 bits per heavy atom. The lowest BCUT2D eigenvalue weighted by Crippen LogP contribution is -2.34. The van der Waals surface area contributed by atoms with Crippen molar-refractivity contribution in [3.8, 4) is 0 Å². The summed E-state index contributed by atoms with van der Waals surface area (Å²) >= 11 is 3.66. The van der Waals surface area contributed by atoms with Gasteiger partial charge in [-0.2, -0.15) is 0 Å². The SMILES string of the molecule is BrC1COCCN(CC2CCCC2)C1. The Hall–Kier alpha value is 0.400. The van der Waals surface area contributed by atoms with E-state index in [4.69, 9.17) is 4.74 Å². The van der Waals surface area contributed by atoms with Gasteiger partial charge in [0.05, 0.1) is 18.0 Å². The third-order valence-electron chi connectivity index (χ3n) is 3.30. The lowest BCUT2D eigenvalue weighted by molar-refractivity contribution is 0.140. The lowest BCUT2D eigenvalue weighted by atomic mass is 10.1. The van der Waals surface area contributed by atoms with Crippen molar-refractivity contribution in [1.82, 2.24) is 4.90 Å². The van der Waals surface area contributed by atoms with Crippen LogP contribution < -0.4 is 0 Å². The maximum Gasteiger partial charge on any atom is 0.0604 e. The Labute approximate surface area is 95.1 Å². The normalized spacial score (nSPS) is 31.9. The van der Waals surface area contributed by atoms with Gasteiger partial charge in [-0.1, -0.05) is 28.8 Å². The molecule has 0 N–H and O–H groups in total. The highest BCUT2D eigenvalue weighted by molar-refractivity contribution is 9.09. The van der Waals surface area contributed by atoms with E-state index in [1.165, 1.54) is 32.2 Å². The molecule has 1 heterocycles. The maximum absolute atomic E-state index is 5.51. The van der Waals surface area contributed by atoms with Crippen LogP contribution in [0.25, 0.3) is 0 Å². The Morgan fingerprint density at radius 3 is 2.86 bits per heavy atom. The molecule has 0 aromatic carbocycles. The smallest absolute Gasteiger partial charge is 0.0604 e. The fourth-order valence-corrected chi connectivity index (χ4v) is 3.15. The van der Waals surface area contributed by atoms with Gasteiger partial charge in [-0.15, -0.1) is 0 Å². The average Bonchev–Trinajstić information content (AvgIpc) is 2.56. The van der Waals surface area contributed by atoms with Crippen molar-refractivity contribution in [3.05, 3.63) is 0 Å². The van der Waals surface area contributed by atoms with E-state index in [1.54, 1.807) is 0 Å². The second kappa shape index (κ2) is 5.47. The first-order valence-corrected chi connectivity index (χ1v) is 6.70. The third-order valence-corrected chi connectivity index (χ3v) is 3.85. The molecule has 1 saturated carbocycles. The van der Waals surface area contributed by atoms with E-state index in [0.29, 0.717) is 4.83 Å². The molecule has 1 atom stereocenters. The molecular formula is C11H20BrNO. The van der Waals surface area contributed by atoms with Crippen molar-refractivity contribution in [2.45, 2.75) is 30.5 Å². The summed E-state index contributed by atoms with van der Waals surface area (Å²) in [6.45, 7) is 5.37. The molecule has 0 amide bonds. The van der Waals surface area contributed by atoms with Crippen LogP contribution in [0.5, 0.6) is 0 Å². The molecule has 2 aliphatic rings. The molecule has 3 heteroatoms. The van der Waals surface area contributed by atoms with Crippen LogP contribution in [0.4, 0.5) is 0 Å². The van der Waals surface area contributed by atoms with Crippen LogP contribution in [0.2, 0.25) is 0 Å². The predicted octanol–water partition coefficient (Wildman–Crippen LogP) is 2.27. The number of rotatable bonds is 2. The van der Waals surface area contributed by atoms with Crippen LogP contribution in [-0.4, -0.2) is 42.6 Å². The summed E-state index contributed by atoms with van der Waals surface area (Å²) in [6.07, 6.45) is 5.80. The van der Waals surface area contributed by atoms with Gasteiger partial charge >= 0.3 is 0 Å². The van der Waals surface area contributed by atoms with Crippen molar-refractivity contribution in [2.24, 2.45) is 5.92 Å². The quantitative estimate of drug-likeness (QED) is 0.708. The molecule has 2 fully saturated rings. The van der Waals surface area contributed by atoms with Crippen LogP contribution >= 0.6 is 15.9 Å². The van der Waals surface area contributed by atoms with Gasteiger partial charge in [0.1, 0.15) is 0 Å². The van der Waals surface area contributed by atoms with Gasteiger partial charge in [-0.3, -0.25) is 4.90 Å². The van der Waals surface area contributed by atoms with Gasteiger partial charge in [-0.05, 0) is 18.8 Å². The van der Waals surface area contributed by atoms with Crippen LogP contribution in [0.3, 0.4) is 0 Å². The first-order valence-electron chi connectivity index (χ1n) is 5.79. The highest BCUT2D eigenvalue weighted by atomic mass is 79.9. The molecule has 82 valence electrons. The molecule has 0 bridgehead atoms. The number of halogens is 1. The molecule has 1 aliphatic carbocycles. The van der Waals surface area contributed by atoms with Crippen LogP contribution in [0, 0.1) is 5.92 Å². The standard InChI is InChI=1S/C11H20BrNO/c12-11-8-13(5-6-14-9-11)7-10-3-1-2-4-10/h10-11H,1-9H2. The molecular weight excluding hydrogens is 242 g/mol. The molecule has 1 saturated heterocycles. The maximum atomic E-state index is 5.51. The van der Waals surface area contributed by atoms with Crippen molar-refractivity contribution in [1.29, 1.82) is 0 Å². The molecule has 2 rings (SSSR count). The highest BCUT2D eigenvalue weighted by Crippen LogP contribution is 2.26. The van der Waals surface area contributed by atoms with Crippen LogP contribution in [-0.2, 0) is 4.74 Å². The van der Waals surface area contributed by atoms with Crippen LogP contribution in [0.1, 0.15) is 25.7 Å². The minimum Gasteiger partial charge on any atom is -0.379 e. The van der Waals surface area contributed by atoms with Gasteiger partial charge in [0, 0.05) is 19.6 Å². The molecule has 0 aromatic rings. The summed E-state index contributed by atoms with van der Waals surface area (Å²) in [6, 6.07) is 0. The fraction of sp³-hybridized carbons (Fsp3) is 1.00. The van der Waals surface area contributed by atoms with E-state index in [1.807, 2.05) is 0 Å². The monoisotopic (exact) mass is 261 g/mol. The molecule has 2 nitrogen and oxygen atoms in total. The number of hydrogen-bond donors (Lipinski definition) is 0. The number of nitrogens with zero attached hydrogens (tertiary/aromatic N) is 1. The zero-order chi connectivity index (χ0) is 9.80. The van der Waals surface area contributed by atoms with E-state index in [-0.39, 0.29) is 0 Å². The third kappa shape index (κ3) is 3.21. The zero-order valence-corrected chi connectivity index (χ0v) is 10.3. The van der Waals surface area contributed by atoms with Crippen molar-refractivity contribution < 1.29 is 4.74 Å². The van der Waals surface area contributed by atoms with E-state index < -0.39 is 0 Å². The molecule has 0 radical (unpaired) electrons. The van der Waals surface area contributed by atoms with Gasteiger partial charge in [0.15, 0.2) is 0 Å². The van der Waals surface area contributed by atoms with E-state index >= 15 is 0 Å². The van der Waals surface area contributed by atoms with Crippen molar-refractivity contribution in [2.75, 3.05) is 32.8 Å². The Balaban J connectivity index is 1.77. The second-order valence-electron chi connectivity index (χ2n) is 4.58. The van der Waals surface area contributed by atoms with E-state index in [0.717, 1.165) is 32.2 Å². The predicted molar refractivity (Wildman–Crippen MR) is 61.9 cm³/mol. The molecule has 14 heavy (non-hydrogen) atoms. The van der Waals surface area contributed by atoms with E-state index in [9.17, 15) is 0 Å². The lowest BCUT2D eigenvalue weighted by Gasteiger charge is -2.24. The molecule has 1 unspecified atom stereocenters. The van der Waals surface area contributed by atoms with Gasteiger partial charge in [-0.25, -0.2) is 0 Å². The zero-order valence-electron chi connectivity index (χ0n) is 8.75. The summed E-state index contributed by atoms with van der Waals surface area (Å²) in [5, 5.41) is 0. The van der Waals surface area contributed by atoms with E-state index in [2.05, 4.69) is 20.8 Å². The average molecular weight is 262 g/mol. The Bertz CT molecular complexity index is 171. The second-order valence-corrected chi connectivity index (χ2v) is 5.88. The van der Waals surface area contributed by atoms with Crippen LogP contribution in [0.15, 0.2) is 0 Å². The summed E-state index contributed by atoms with van der Waals surface area (Å²) < 4.78 is 5.51. The molecule has 0 spiro atoms. The highest BCUT2D eigenvalue weighted by Gasteiger charge is 2.21. The molecule has 0 aromatic heterocycles. The van der Waals surface area contributed by atoms with Crippen molar-refractivity contribution >= 4 is 15.9 Å². The van der Waals surface area contributed by atoms with Crippen molar-refractivity contribution in [3.63, 3.8) is 0 Å². The number of ether oxygens (including phenoxy) is 1. The minimum atomic E-state index is 0.534. The summed E-state index contributed by atoms with van der Waals surface area (Å²) in [7, 11) is 0. The first-order chi connectivity index (χ1) is 6.84. The van der Waals surface area contributed by atoms with Gasteiger partial charge in [0.2, 0.25) is 0 Å². The summed E-state index contributed by atoms with van der Waals surface area (Å²) in [4.78, 5) is 3.11. The Morgan fingerprint density at radius 1 is 1.29 bits per heavy atom. The number of hydrogen-bond acceptors (Lipinski definition) is 2. The summed E-state index contributed by atoms with van der Waals surface area (Å²) in [5.74, 6) is 0.966.